The summed E-state index contributed by atoms with van der Waals surface area (Å²) in [6.07, 6.45) is 2.31. The lowest BCUT2D eigenvalue weighted by molar-refractivity contribution is -0.144. The molecule has 0 fully saturated rings. The van der Waals surface area contributed by atoms with Crippen LogP contribution in [-0.2, 0) is 33.7 Å². The van der Waals surface area contributed by atoms with E-state index in [-0.39, 0.29) is 29.9 Å². The van der Waals surface area contributed by atoms with Gasteiger partial charge >= 0.3 is 11.9 Å². The highest BCUT2D eigenvalue weighted by atomic mass is 32.2. The molecule has 0 aliphatic heterocycles. The summed E-state index contributed by atoms with van der Waals surface area (Å²) in [5.74, 6) is -1.91. The zero-order chi connectivity index (χ0) is 22.1. The predicted molar refractivity (Wildman–Crippen MR) is 106 cm³/mol. The van der Waals surface area contributed by atoms with Crippen molar-refractivity contribution in [1.29, 1.82) is 0 Å². The molecule has 11 heteroatoms. The summed E-state index contributed by atoms with van der Waals surface area (Å²) in [7, 11) is -1.11. The summed E-state index contributed by atoms with van der Waals surface area (Å²) in [5.41, 5.74) is 0.303. The van der Waals surface area contributed by atoms with E-state index < -0.39 is 33.7 Å². The number of benzene rings is 1. The Morgan fingerprint density at radius 3 is 2.23 bits per heavy atom. The van der Waals surface area contributed by atoms with E-state index in [1.54, 1.807) is 18.2 Å². The molecule has 1 aromatic carbocycles. The molecule has 1 heterocycles. The summed E-state index contributed by atoms with van der Waals surface area (Å²) in [5, 5.41) is 6.63. The molecule has 0 saturated carbocycles. The second kappa shape index (κ2) is 10.5. The number of hydrogen-bond donors (Lipinski definition) is 1. The van der Waals surface area contributed by atoms with E-state index in [4.69, 9.17) is 0 Å². The van der Waals surface area contributed by atoms with Crippen molar-refractivity contribution in [3.63, 3.8) is 0 Å². The number of aromatic nitrogens is 2. The van der Waals surface area contributed by atoms with E-state index >= 15 is 0 Å². The Bertz CT molecular complexity index is 969. The van der Waals surface area contributed by atoms with E-state index in [9.17, 15) is 22.8 Å². The van der Waals surface area contributed by atoms with Crippen molar-refractivity contribution in [1.82, 2.24) is 9.78 Å². The molecule has 30 heavy (non-hydrogen) atoms. The molecule has 10 nitrogen and oxygen atoms in total. The fraction of sp³-hybridized carbons (Fsp3) is 0.368. The van der Waals surface area contributed by atoms with E-state index in [0.717, 1.165) is 0 Å². The van der Waals surface area contributed by atoms with Gasteiger partial charge in [-0.15, -0.1) is 0 Å². The van der Waals surface area contributed by atoms with Gasteiger partial charge in [-0.05, 0) is 12.1 Å². The van der Waals surface area contributed by atoms with E-state index in [1.165, 1.54) is 43.4 Å². The molecule has 1 aromatic heterocycles. The van der Waals surface area contributed by atoms with Gasteiger partial charge in [-0.1, -0.05) is 18.2 Å². The minimum Gasteiger partial charge on any atom is -0.469 e. The number of amides is 1. The molecular weight excluding hydrogens is 414 g/mol. The fourth-order valence-corrected chi connectivity index (χ4v) is 3.87. The lowest BCUT2D eigenvalue weighted by atomic mass is 10.1. The van der Waals surface area contributed by atoms with Crippen LogP contribution in [0.4, 0.5) is 5.69 Å². The number of nitrogens with one attached hydrogen (secondary N) is 1. The molecule has 2 rings (SSSR count). The molecule has 1 N–H and O–H groups in total. The smallest absolute Gasteiger partial charge is 0.307 e. The molecule has 0 radical (unpaired) electrons. The van der Waals surface area contributed by atoms with E-state index in [2.05, 4.69) is 19.9 Å². The monoisotopic (exact) mass is 437 g/mol. The highest BCUT2D eigenvalue weighted by molar-refractivity contribution is 7.91. The number of methoxy groups -OCH3 is 2. The minimum absolute atomic E-state index is 0.115. The van der Waals surface area contributed by atoms with Gasteiger partial charge < -0.3 is 14.8 Å². The number of nitrogens with zero attached hydrogens (tertiary/aromatic N) is 2. The van der Waals surface area contributed by atoms with Crippen LogP contribution in [0.5, 0.6) is 0 Å². The summed E-state index contributed by atoms with van der Waals surface area (Å²) in [6, 6.07) is 7.21. The standard InChI is InChI=1S/C19H23N3O7S/c1-28-18(24)10-15(11-19(25)29-2)22-13-14(12-20-22)21-17(23)8-9-30(26,27)16-6-4-3-5-7-16/h3-7,12-13,15H,8-11H2,1-2H3,(H,21,23). The Kier molecular flexibility index (Phi) is 8.10. The van der Waals surface area contributed by atoms with Crippen LogP contribution in [0.25, 0.3) is 0 Å². The van der Waals surface area contributed by atoms with Crippen LogP contribution in [0.3, 0.4) is 0 Å². The Morgan fingerprint density at radius 1 is 1.07 bits per heavy atom. The van der Waals surface area contributed by atoms with Crippen molar-refractivity contribution in [2.75, 3.05) is 25.3 Å². The molecule has 2 aromatic rings. The molecule has 0 saturated heterocycles. The maximum atomic E-state index is 12.3. The lowest BCUT2D eigenvalue weighted by Crippen LogP contribution is -2.20. The van der Waals surface area contributed by atoms with Crippen LogP contribution in [0.15, 0.2) is 47.6 Å². The molecule has 0 unspecified atom stereocenters. The van der Waals surface area contributed by atoms with Crippen molar-refractivity contribution in [3.05, 3.63) is 42.7 Å². The largest absolute Gasteiger partial charge is 0.469 e. The van der Waals surface area contributed by atoms with Crippen molar-refractivity contribution in [2.24, 2.45) is 0 Å². The van der Waals surface area contributed by atoms with Crippen LogP contribution in [0, 0.1) is 0 Å². The third-order valence-electron chi connectivity index (χ3n) is 4.22. The second-order valence-electron chi connectivity index (χ2n) is 6.35. The van der Waals surface area contributed by atoms with E-state index in [0.29, 0.717) is 5.69 Å². The van der Waals surface area contributed by atoms with Gasteiger partial charge in [0.05, 0.1) is 55.6 Å². The summed E-state index contributed by atoms with van der Waals surface area (Å²) in [6.45, 7) is 0. The maximum Gasteiger partial charge on any atom is 0.307 e. The average molecular weight is 437 g/mol. The first-order valence-corrected chi connectivity index (χ1v) is 10.7. The average Bonchev–Trinajstić information content (AvgIpc) is 3.20. The normalized spacial score (nSPS) is 11.2. The Hall–Kier alpha value is -3.21. The first kappa shape index (κ1) is 23.1. The topological polar surface area (TPSA) is 134 Å². The lowest BCUT2D eigenvalue weighted by Gasteiger charge is -2.15. The van der Waals surface area contributed by atoms with Gasteiger partial charge in [-0.2, -0.15) is 5.10 Å². The molecule has 0 aliphatic carbocycles. The number of carbonyl (C=O) groups excluding carboxylic acids is 3. The van der Waals surface area contributed by atoms with Gasteiger partial charge in [0.15, 0.2) is 9.84 Å². The van der Waals surface area contributed by atoms with Crippen LogP contribution in [-0.4, -0.2) is 56.0 Å². The fourth-order valence-electron chi connectivity index (χ4n) is 2.61. The molecule has 0 bridgehead atoms. The zero-order valence-corrected chi connectivity index (χ0v) is 17.4. The number of carbonyl (C=O) groups is 3. The summed E-state index contributed by atoms with van der Waals surface area (Å²) < 4.78 is 35.1. The van der Waals surface area contributed by atoms with Crippen molar-refractivity contribution in [2.45, 2.75) is 30.2 Å². The minimum atomic E-state index is -3.57. The van der Waals surface area contributed by atoms with Gasteiger partial charge in [-0.25, -0.2) is 8.42 Å². The molecule has 0 spiro atoms. The Balaban J connectivity index is 1.99. The van der Waals surface area contributed by atoms with Crippen molar-refractivity contribution >= 4 is 33.4 Å². The number of ether oxygens (including phenoxy) is 2. The molecule has 162 valence electrons. The number of sulfone groups is 1. The number of hydrogen-bond acceptors (Lipinski definition) is 8. The van der Waals surface area contributed by atoms with Crippen LogP contribution < -0.4 is 5.32 Å². The van der Waals surface area contributed by atoms with Crippen LogP contribution in [0.2, 0.25) is 0 Å². The molecule has 0 aliphatic rings. The first-order chi connectivity index (χ1) is 14.2. The zero-order valence-electron chi connectivity index (χ0n) is 16.6. The number of rotatable bonds is 10. The highest BCUT2D eigenvalue weighted by Gasteiger charge is 2.22. The van der Waals surface area contributed by atoms with Crippen molar-refractivity contribution in [3.8, 4) is 0 Å². The van der Waals surface area contributed by atoms with Gasteiger partial charge in [0.2, 0.25) is 5.91 Å². The first-order valence-electron chi connectivity index (χ1n) is 9.00. The third-order valence-corrected chi connectivity index (χ3v) is 5.95. The molecular formula is C19H23N3O7S. The summed E-state index contributed by atoms with van der Waals surface area (Å²) >= 11 is 0. The number of esters is 2. The number of anilines is 1. The molecule has 1 amide bonds. The van der Waals surface area contributed by atoms with Gasteiger partial charge in [-0.3, -0.25) is 19.1 Å². The predicted octanol–water partition coefficient (Wildman–Crippen LogP) is 1.35. The highest BCUT2D eigenvalue weighted by Crippen LogP contribution is 2.20. The van der Waals surface area contributed by atoms with Crippen LogP contribution in [0.1, 0.15) is 25.3 Å². The third kappa shape index (κ3) is 6.69. The van der Waals surface area contributed by atoms with Gasteiger partial charge in [0.1, 0.15) is 0 Å². The Morgan fingerprint density at radius 2 is 1.67 bits per heavy atom. The van der Waals surface area contributed by atoms with E-state index in [1.807, 2.05) is 0 Å². The van der Waals surface area contributed by atoms with Crippen molar-refractivity contribution < 1.29 is 32.3 Å². The molecule has 0 atom stereocenters. The van der Waals surface area contributed by atoms with Gasteiger partial charge in [0, 0.05) is 12.6 Å². The second-order valence-corrected chi connectivity index (χ2v) is 8.46. The SMILES string of the molecule is COC(=O)CC(CC(=O)OC)n1cc(NC(=O)CCS(=O)(=O)c2ccccc2)cn1. The Labute approximate surface area is 174 Å². The maximum absolute atomic E-state index is 12.3. The quantitative estimate of drug-likeness (QED) is 0.551. The van der Waals surface area contributed by atoms with Crippen LogP contribution >= 0.6 is 0 Å². The summed E-state index contributed by atoms with van der Waals surface area (Å²) in [4.78, 5) is 35.5. The van der Waals surface area contributed by atoms with Gasteiger partial charge in [0.25, 0.3) is 0 Å².